The van der Waals surface area contributed by atoms with Gasteiger partial charge in [-0.2, -0.15) is 5.10 Å². The van der Waals surface area contributed by atoms with Crippen molar-refractivity contribution in [2.75, 3.05) is 14.2 Å². The van der Waals surface area contributed by atoms with Crippen LogP contribution in [0.1, 0.15) is 17.5 Å². The predicted octanol–water partition coefficient (Wildman–Crippen LogP) is 3.47. The Morgan fingerprint density at radius 2 is 1.85 bits per heavy atom. The van der Waals surface area contributed by atoms with Crippen LogP contribution in [0.3, 0.4) is 0 Å². The van der Waals surface area contributed by atoms with E-state index in [1.807, 2.05) is 78.7 Å². The van der Waals surface area contributed by atoms with Gasteiger partial charge in [-0.05, 0) is 30.2 Å². The van der Waals surface area contributed by atoms with Crippen molar-refractivity contribution in [3.05, 3.63) is 78.1 Å². The van der Waals surface area contributed by atoms with Crippen molar-refractivity contribution >= 4 is 5.91 Å². The first kappa shape index (κ1) is 17.7. The van der Waals surface area contributed by atoms with E-state index in [0.29, 0.717) is 19.4 Å². The fourth-order valence-corrected chi connectivity index (χ4v) is 2.83. The predicted molar refractivity (Wildman–Crippen MR) is 101 cm³/mol. The van der Waals surface area contributed by atoms with E-state index in [9.17, 15) is 4.79 Å². The molecule has 1 heterocycles. The Labute approximate surface area is 153 Å². The maximum atomic E-state index is 12.5. The molecule has 0 aliphatic heterocycles. The molecule has 0 bridgehead atoms. The van der Waals surface area contributed by atoms with Crippen molar-refractivity contribution in [3.63, 3.8) is 0 Å². The summed E-state index contributed by atoms with van der Waals surface area (Å²) < 4.78 is 7.18. The van der Waals surface area contributed by atoms with Crippen LogP contribution < -0.4 is 4.74 Å². The average Bonchev–Trinajstić information content (AvgIpc) is 3.16. The number of hydrogen-bond donors (Lipinski definition) is 0. The third-order valence-corrected chi connectivity index (χ3v) is 4.31. The molecule has 0 N–H and O–H groups in total. The first-order chi connectivity index (χ1) is 12.7. The standard InChI is InChI=1S/C21H23N3O2/c1-23(16-18-8-6-7-11-20(18)26-2)21(25)13-12-17-14-22-24(15-17)19-9-4-3-5-10-19/h3-11,14-15H,12-13,16H2,1-2H3. The second-order valence-corrected chi connectivity index (χ2v) is 6.19. The lowest BCUT2D eigenvalue weighted by Gasteiger charge is -2.18. The van der Waals surface area contributed by atoms with Crippen LogP contribution in [-0.4, -0.2) is 34.7 Å². The molecular weight excluding hydrogens is 326 g/mol. The molecule has 0 unspecified atom stereocenters. The van der Waals surface area contributed by atoms with E-state index in [0.717, 1.165) is 22.6 Å². The topological polar surface area (TPSA) is 47.4 Å². The Morgan fingerprint density at radius 3 is 2.62 bits per heavy atom. The van der Waals surface area contributed by atoms with Gasteiger partial charge >= 0.3 is 0 Å². The Balaban J connectivity index is 1.56. The van der Waals surface area contributed by atoms with Gasteiger partial charge < -0.3 is 9.64 Å². The quantitative estimate of drug-likeness (QED) is 0.656. The molecule has 0 saturated heterocycles. The molecule has 26 heavy (non-hydrogen) atoms. The number of aryl methyl sites for hydroxylation is 1. The van der Waals surface area contributed by atoms with Crippen LogP contribution >= 0.6 is 0 Å². The number of para-hydroxylation sites is 2. The molecule has 5 nitrogen and oxygen atoms in total. The summed E-state index contributed by atoms with van der Waals surface area (Å²) in [4.78, 5) is 14.2. The number of benzene rings is 2. The summed E-state index contributed by atoms with van der Waals surface area (Å²) in [6.07, 6.45) is 4.91. The minimum absolute atomic E-state index is 0.100. The van der Waals surface area contributed by atoms with Crippen LogP contribution in [0.5, 0.6) is 5.75 Å². The number of aromatic nitrogens is 2. The summed E-state index contributed by atoms with van der Waals surface area (Å²) in [6, 6.07) is 17.7. The highest BCUT2D eigenvalue weighted by Crippen LogP contribution is 2.19. The van der Waals surface area contributed by atoms with Gasteiger partial charge in [0.15, 0.2) is 0 Å². The highest BCUT2D eigenvalue weighted by molar-refractivity contribution is 5.76. The normalized spacial score (nSPS) is 10.5. The first-order valence-corrected chi connectivity index (χ1v) is 8.62. The molecule has 1 amide bonds. The molecule has 0 spiro atoms. The van der Waals surface area contributed by atoms with Crippen LogP contribution in [0, 0.1) is 0 Å². The van der Waals surface area contributed by atoms with Gasteiger partial charge in [-0.15, -0.1) is 0 Å². The zero-order chi connectivity index (χ0) is 18.4. The lowest BCUT2D eigenvalue weighted by molar-refractivity contribution is -0.130. The molecule has 0 aliphatic rings. The van der Waals surface area contributed by atoms with E-state index < -0.39 is 0 Å². The number of ether oxygens (including phenoxy) is 1. The number of amides is 1. The molecule has 1 aromatic heterocycles. The summed E-state index contributed by atoms with van der Waals surface area (Å²) in [5, 5.41) is 4.37. The third-order valence-electron chi connectivity index (χ3n) is 4.31. The Morgan fingerprint density at radius 1 is 1.12 bits per heavy atom. The monoisotopic (exact) mass is 349 g/mol. The molecule has 3 rings (SSSR count). The Kier molecular flexibility index (Phi) is 5.69. The maximum absolute atomic E-state index is 12.5. The SMILES string of the molecule is COc1ccccc1CN(C)C(=O)CCc1cnn(-c2ccccc2)c1. The van der Waals surface area contributed by atoms with Crippen LogP contribution in [0.15, 0.2) is 67.0 Å². The molecular formula is C21H23N3O2. The van der Waals surface area contributed by atoms with Gasteiger partial charge in [0.2, 0.25) is 5.91 Å². The summed E-state index contributed by atoms with van der Waals surface area (Å²) in [5.74, 6) is 0.902. The minimum Gasteiger partial charge on any atom is -0.496 e. The Bertz CT molecular complexity index is 858. The lowest BCUT2D eigenvalue weighted by Crippen LogP contribution is -2.26. The fraction of sp³-hybridized carbons (Fsp3) is 0.238. The molecule has 2 aromatic carbocycles. The van der Waals surface area contributed by atoms with Gasteiger partial charge in [0.05, 0.1) is 19.0 Å². The van der Waals surface area contributed by atoms with Crippen LogP contribution in [0.2, 0.25) is 0 Å². The van der Waals surface area contributed by atoms with E-state index in [1.54, 1.807) is 12.0 Å². The van der Waals surface area contributed by atoms with Crippen LogP contribution in [-0.2, 0) is 17.8 Å². The molecule has 3 aromatic rings. The van der Waals surface area contributed by atoms with Crippen molar-refractivity contribution in [2.45, 2.75) is 19.4 Å². The number of hydrogen-bond acceptors (Lipinski definition) is 3. The second kappa shape index (κ2) is 8.34. The molecule has 0 atom stereocenters. The zero-order valence-corrected chi connectivity index (χ0v) is 15.1. The molecule has 0 fully saturated rings. The molecule has 0 radical (unpaired) electrons. The second-order valence-electron chi connectivity index (χ2n) is 6.19. The summed E-state index contributed by atoms with van der Waals surface area (Å²) >= 11 is 0. The first-order valence-electron chi connectivity index (χ1n) is 8.62. The highest BCUT2D eigenvalue weighted by Gasteiger charge is 2.12. The summed E-state index contributed by atoms with van der Waals surface area (Å²) in [7, 11) is 3.47. The molecule has 0 aliphatic carbocycles. The zero-order valence-electron chi connectivity index (χ0n) is 15.1. The van der Waals surface area contributed by atoms with E-state index in [1.165, 1.54) is 0 Å². The van der Waals surface area contributed by atoms with E-state index in [-0.39, 0.29) is 5.91 Å². The van der Waals surface area contributed by atoms with Crippen molar-refractivity contribution in [2.24, 2.45) is 0 Å². The van der Waals surface area contributed by atoms with Gasteiger partial charge in [-0.3, -0.25) is 4.79 Å². The van der Waals surface area contributed by atoms with E-state index in [4.69, 9.17) is 4.74 Å². The van der Waals surface area contributed by atoms with Gasteiger partial charge in [-0.25, -0.2) is 4.68 Å². The van der Waals surface area contributed by atoms with E-state index in [2.05, 4.69) is 5.10 Å². The summed E-state index contributed by atoms with van der Waals surface area (Å²) in [6.45, 7) is 0.534. The molecule has 0 saturated carbocycles. The fourth-order valence-electron chi connectivity index (χ4n) is 2.83. The largest absolute Gasteiger partial charge is 0.496 e. The molecule has 5 heteroatoms. The van der Waals surface area contributed by atoms with Gasteiger partial charge in [0.25, 0.3) is 0 Å². The van der Waals surface area contributed by atoms with Gasteiger partial charge in [0, 0.05) is 31.8 Å². The smallest absolute Gasteiger partial charge is 0.222 e. The number of nitrogens with zero attached hydrogens (tertiary/aromatic N) is 3. The maximum Gasteiger partial charge on any atom is 0.222 e. The number of carbonyl (C=O) groups excluding carboxylic acids is 1. The Hall–Kier alpha value is -3.08. The molecule has 134 valence electrons. The van der Waals surface area contributed by atoms with Crippen molar-refractivity contribution in [1.82, 2.24) is 14.7 Å². The van der Waals surface area contributed by atoms with Crippen molar-refractivity contribution < 1.29 is 9.53 Å². The highest BCUT2D eigenvalue weighted by atomic mass is 16.5. The van der Waals surface area contributed by atoms with Gasteiger partial charge in [-0.1, -0.05) is 36.4 Å². The van der Waals surface area contributed by atoms with Gasteiger partial charge in [0.1, 0.15) is 5.75 Å². The van der Waals surface area contributed by atoms with Crippen LogP contribution in [0.4, 0.5) is 0 Å². The number of rotatable bonds is 7. The third kappa shape index (κ3) is 4.30. The number of methoxy groups -OCH3 is 1. The lowest BCUT2D eigenvalue weighted by atomic mass is 10.1. The summed E-state index contributed by atoms with van der Waals surface area (Å²) in [5.41, 5.74) is 3.06. The minimum atomic E-state index is 0.100. The van der Waals surface area contributed by atoms with E-state index >= 15 is 0 Å². The van der Waals surface area contributed by atoms with Crippen molar-refractivity contribution in [1.29, 1.82) is 0 Å². The number of carbonyl (C=O) groups is 1. The van der Waals surface area contributed by atoms with Crippen LogP contribution in [0.25, 0.3) is 5.69 Å². The van der Waals surface area contributed by atoms with Crippen molar-refractivity contribution in [3.8, 4) is 11.4 Å². The average molecular weight is 349 g/mol.